The second-order valence-corrected chi connectivity index (χ2v) is 10.5. The molecule has 1 amide bonds. The average molecular weight is 428 g/mol. The van der Waals surface area contributed by atoms with E-state index in [-0.39, 0.29) is 11.8 Å². The quantitative estimate of drug-likeness (QED) is 0.674. The Morgan fingerprint density at radius 2 is 2.07 bits per heavy atom. The number of pyridine rings is 1. The van der Waals surface area contributed by atoms with Gasteiger partial charge in [0.2, 0.25) is 5.91 Å². The third kappa shape index (κ3) is 3.85. The number of amides is 1. The van der Waals surface area contributed by atoms with Gasteiger partial charge in [-0.25, -0.2) is 4.98 Å². The van der Waals surface area contributed by atoms with Gasteiger partial charge in [0.15, 0.2) is 0 Å². The fraction of sp³-hybridized carbons (Fsp3) is 0.364. The number of nitrogens with zero attached hydrogens (tertiary/aromatic N) is 2. The Morgan fingerprint density at radius 3 is 2.70 bits per heavy atom. The first kappa shape index (κ1) is 20.6. The number of methoxy groups -OCH3 is 1. The Balaban J connectivity index is 1.73. The summed E-state index contributed by atoms with van der Waals surface area (Å²) in [5.74, 6) is 0.424. The van der Waals surface area contributed by atoms with Crippen LogP contribution in [-0.4, -0.2) is 44.6 Å². The Kier molecular flexibility index (Phi) is 5.38. The summed E-state index contributed by atoms with van der Waals surface area (Å²) in [6.45, 7) is 6.73. The zero-order chi connectivity index (χ0) is 21.5. The summed E-state index contributed by atoms with van der Waals surface area (Å²) in [6, 6.07) is 9.40. The van der Waals surface area contributed by atoms with Crippen molar-refractivity contribution >= 4 is 28.0 Å². The van der Waals surface area contributed by atoms with Crippen molar-refractivity contribution in [3.8, 4) is 17.0 Å². The summed E-state index contributed by atoms with van der Waals surface area (Å²) < 4.78 is 25.1. The molecule has 3 aromatic rings. The highest BCUT2D eigenvalue weighted by molar-refractivity contribution is 7.86. The molecule has 8 heteroatoms. The standard InChI is InChI=1S/C22H25N3O4S/c1-22(2,3)30(27)19-11-25-17(10-23-20(25)9-18(19)28-4)14-6-5-7-16(8-14)24-21(26)15-12-29-13-15/h5-11,15H,12-13H2,1-4H3,(H,24,26). The number of carbonyl (C=O) groups is 1. The number of nitrogens with one attached hydrogen (secondary N) is 1. The molecular weight excluding hydrogens is 402 g/mol. The minimum atomic E-state index is -1.27. The minimum absolute atomic E-state index is 0.0378. The number of imidazole rings is 1. The fourth-order valence-corrected chi connectivity index (χ4v) is 4.40. The zero-order valence-electron chi connectivity index (χ0n) is 17.5. The maximum Gasteiger partial charge on any atom is 0.232 e. The van der Waals surface area contributed by atoms with Crippen molar-refractivity contribution in [3.63, 3.8) is 0 Å². The number of carbonyl (C=O) groups excluding carboxylic acids is 1. The maximum atomic E-state index is 13.1. The molecule has 0 saturated carbocycles. The van der Waals surface area contributed by atoms with Crippen LogP contribution in [0.25, 0.3) is 16.9 Å². The van der Waals surface area contributed by atoms with Crippen LogP contribution in [0.1, 0.15) is 20.8 Å². The number of hydrogen-bond acceptors (Lipinski definition) is 5. The van der Waals surface area contributed by atoms with E-state index in [1.165, 1.54) is 0 Å². The molecule has 1 aromatic carbocycles. The zero-order valence-corrected chi connectivity index (χ0v) is 18.3. The summed E-state index contributed by atoms with van der Waals surface area (Å²) in [6.07, 6.45) is 3.59. The third-order valence-corrected chi connectivity index (χ3v) is 6.80. The topological polar surface area (TPSA) is 81.9 Å². The molecule has 1 aliphatic heterocycles. The first-order valence-electron chi connectivity index (χ1n) is 9.74. The van der Waals surface area contributed by atoms with Crippen LogP contribution in [0.4, 0.5) is 5.69 Å². The molecule has 30 heavy (non-hydrogen) atoms. The molecule has 0 spiro atoms. The lowest BCUT2D eigenvalue weighted by Gasteiger charge is -2.24. The number of anilines is 1. The third-order valence-electron chi connectivity index (χ3n) is 4.99. The Morgan fingerprint density at radius 1 is 1.30 bits per heavy atom. The van der Waals surface area contributed by atoms with Gasteiger partial charge >= 0.3 is 0 Å². The lowest BCUT2D eigenvalue weighted by atomic mass is 10.1. The second-order valence-electron chi connectivity index (χ2n) is 8.26. The van der Waals surface area contributed by atoms with Crippen LogP contribution in [0.15, 0.2) is 47.6 Å². The highest BCUT2D eigenvalue weighted by atomic mass is 32.2. The Bertz CT molecular complexity index is 1130. The van der Waals surface area contributed by atoms with Gasteiger partial charge in [-0.1, -0.05) is 12.1 Å². The molecule has 1 atom stereocenters. The van der Waals surface area contributed by atoms with Crippen molar-refractivity contribution < 1.29 is 18.5 Å². The van der Waals surface area contributed by atoms with Crippen LogP contribution in [0, 0.1) is 5.92 Å². The number of hydrogen-bond donors (Lipinski definition) is 1. The highest BCUT2D eigenvalue weighted by Crippen LogP contribution is 2.32. The van der Waals surface area contributed by atoms with Crippen LogP contribution in [0.5, 0.6) is 5.75 Å². The molecule has 3 heterocycles. The summed E-state index contributed by atoms with van der Waals surface area (Å²) in [7, 11) is 0.296. The molecule has 1 unspecified atom stereocenters. The van der Waals surface area contributed by atoms with E-state index < -0.39 is 15.5 Å². The molecule has 2 aromatic heterocycles. The van der Waals surface area contributed by atoms with Crippen molar-refractivity contribution in [2.24, 2.45) is 5.92 Å². The van der Waals surface area contributed by atoms with Crippen LogP contribution in [-0.2, 0) is 20.3 Å². The summed E-state index contributed by atoms with van der Waals surface area (Å²) in [5.41, 5.74) is 3.13. The van der Waals surface area contributed by atoms with Gasteiger partial charge in [-0.15, -0.1) is 0 Å². The van der Waals surface area contributed by atoms with Crippen molar-refractivity contribution in [2.75, 3.05) is 25.6 Å². The Hall–Kier alpha value is -2.71. The van der Waals surface area contributed by atoms with E-state index in [4.69, 9.17) is 9.47 Å². The van der Waals surface area contributed by atoms with E-state index in [2.05, 4.69) is 10.3 Å². The van der Waals surface area contributed by atoms with Crippen LogP contribution in [0.2, 0.25) is 0 Å². The predicted octanol–water partition coefficient (Wildman–Crippen LogP) is 3.50. The largest absolute Gasteiger partial charge is 0.495 e. The van der Waals surface area contributed by atoms with E-state index in [0.29, 0.717) is 35.2 Å². The minimum Gasteiger partial charge on any atom is -0.495 e. The summed E-state index contributed by atoms with van der Waals surface area (Å²) in [5, 5.41) is 2.94. The normalized spacial score (nSPS) is 15.6. The number of ether oxygens (including phenoxy) is 2. The van der Waals surface area contributed by atoms with Gasteiger partial charge in [0.1, 0.15) is 11.4 Å². The van der Waals surface area contributed by atoms with Crippen LogP contribution < -0.4 is 10.1 Å². The van der Waals surface area contributed by atoms with Gasteiger partial charge in [0.25, 0.3) is 0 Å². The van der Waals surface area contributed by atoms with Gasteiger partial charge in [-0.05, 0) is 32.9 Å². The molecule has 0 radical (unpaired) electrons. The van der Waals surface area contributed by atoms with E-state index in [1.807, 2.05) is 55.6 Å². The molecule has 7 nitrogen and oxygen atoms in total. The molecule has 0 bridgehead atoms. The molecule has 158 valence electrons. The van der Waals surface area contributed by atoms with E-state index in [1.54, 1.807) is 19.4 Å². The number of benzene rings is 1. The highest BCUT2D eigenvalue weighted by Gasteiger charge is 2.27. The Labute approximate surface area is 177 Å². The SMILES string of the molecule is COc1cc2ncc(-c3cccc(NC(=O)C4COC4)c3)n2cc1S(=O)C(C)(C)C. The van der Waals surface area contributed by atoms with E-state index in [0.717, 1.165) is 11.3 Å². The summed E-state index contributed by atoms with van der Waals surface area (Å²) >= 11 is 0. The van der Waals surface area contributed by atoms with Crippen molar-refractivity contribution in [3.05, 3.63) is 42.7 Å². The number of aromatic nitrogens is 2. The fourth-order valence-electron chi connectivity index (χ4n) is 3.22. The molecule has 0 aliphatic carbocycles. The van der Waals surface area contributed by atoms with Gasteiger partial charge in [-0.2, -0.15) is 0 Å². The van der Waals surface area contributed by atoms with Crippen LogP contribution in [0.3, 0.4) is 0 Å². The molecule has 1 saturated heterocycles. The van der Waals surface area contributed by atoms with Crippen molar-refractivity contribution in [1.82, 2.24) is 9.38 Å². The monoisotopic (exact) mass is 427 g/mol. The van der Waals surface area contributed by atoms with Gasteiger partial charge in [-0.3, -0.25) is 13.4 Å². The predicted molar refractivity (Wildman–Crippen MR) is 116 cm³/mol. The van der Waals surface area contributed by atoms with Crippen molar-refractivity contribution in [2.45, 2.75) is 30.4 Å². The lowest BCUT2D eigenvalue weighted by Crippen LogP contribution is -2.38. The van der Waals surface area contributed by atoms with Gasteiger partial charge in [0, 0.05) is 28.3 Å². The van der Waals surface area contributed by atoms with E-state index >= 15 is 0 Å². The lowest BCUT2D eigenvalue weighted by molar-refractivity contribution is -0.133. The number of rotatable bonds is 5. The molecule has 1 fully saturated rings. The van der Waals surface area contributed by atoms with Gasteiger partial charge < -0.3 is 14.8 Å². The first-order chi connectivity index (χ1) is 14.3. The van der Waals surface area contributed by atoms with Crippen LogP contribution >= 0.6 is 0 Å². The maximum absolute atomic E-state index is 13.1. The smallest absolute Gasteiger partial charge is 0.232 e. The van der Waals surface area contributed by atoms with Crippen molar-refractivity contribution in [1.29, 1.82) is 0 Å². The average Bonchev–Trinajstić information content (AvgIpc) is 3.07. The number of fused-ring (bicyclic) bond motifs is 1. The van der Waals surface area contributed by atoms with Gasteiger partial charge in [0.05, 0.1) is 53.8 Å². The molecule has 1 aliphatic rings. The second kappa shape index (κ2) is 7.85. The molecule has 1 N–H and O–H groups in total. The summed E-state index contributed by atoms with van der Waals surface area (Å²) in [4.78, 5) is 17.3. The molecular formula is C22H25N3O4S. The van der Waals surface area contributed by atoms with E-state index in [9.17, 15) is 9.00 Å². The first-order valence-corrected chi connectivity index (χ1v) is 10.9. The molecule has 4 rings (SSSR count).